The second kappa shape index (κ2) is 13.9. The molecule has 0 radical (unpaired) electrons. The minimum atomic E-state index is -4.00. The highest BCUT2D eigenvalue weighted by Crippen LogP contribution is 2.49. The predicted octanol–water partition coefficient (Wildman–Crippen LogP) is 4.61. The maximum absolute atomic E-state index is 14.9. The van der Waals surface area contributed by atoms with Crippen LogP contribution in [0, 0.1) is 17.3 Å². The maximum atomic E-state index is 14.9. The number of hydrogen-bond acceptors (Lipinski definition) is 10. The van der Waals surface area contributed by atoms with E-state index in [-0.39, 0.29) is 31.4 Å². The van der Waals surface area contributed by atoms with Gasteiger partial charge in [-0.3, -0.25) is 19.1 Å². The molecular weight excluding hydrogens is 751 g/mol. The van der Waals surface area contributed by atoms with Gasteiger partial charge in [-0.05, 0) is 94.2 Å². The van der Waals surface area contributed by atoms with Crippen LogP contribution in [0.4, 0.5) is 4.79 Å². The van der Waals surface area contributed by atoms with Crippen LogP contribution in [0.25, 0.3) is 10.9 Å². The van der Waals surface area contributed by atoms with E-state index in [0.29, 0.717) is 43.6 Å². The number of aromatic nitrogens is 1. The lowest BCUT2D eigenvalue weighted by molar-refractivity contribution is -0.143. The number of sulfonamides is 1. The summed E-state index contributed by atoms with van der Waals surface area (Å²) >= 11 is 0. The molecule has 2 aromatic rings. The topological polar surface area (TPSA) is 182 Å². The molecule has 1 saturated heterocycles. The molecule has 6 aliphatic rings. The van der Waals surface area contributed by atoms with Crippen LogP contribution in [0.5, 0.6) is 11.5 Å². The zero-order chi connectivity index (χ0) is 40.7. The van der Waals surface area contributed by atoms with Crippen molar-refractivity contribution in [2.45, 2.75) is 139 Å². The molecule has 1 unspecified atom stereocenters. The summed E-state index contributed by atoms with van der Waals surface area (Å²) in [6, 6.07) is 3.63. The standard InChI is InChI=1S/C42H55N5O9S/c1-7-25-21-42(25,37(50)46-57(52,53)40(5)17-18-40)45-35(48)31-22-41-16-15-27-28-20-26(54-6)13-14-29(28)43-30(33(27)56-41)12-10-8-9-11-24-19-32(24)55-38(51)44-34(39(2,3)4)36(49)47(31)23-41/h7,13-14,20,24-25,31-32,34H,1,8-12,15-19,21-23H2,2-6H3,(H,44,51)(H,45,48)(H,46,50)/t24-,25?,31+,32-,34-,41-,42-/m1/s1. The molecule has 8 rings (SSSR count). The first-order valence-electron chi connectivity index (χ1n) is 20.4. The summed E-state index contributed by atoms with van der Waals surface area (Å²) < 4.78 is 46.0. The molecule has 4 fully saturated rings. The molecule has 3 aliphatic carbocycles. The zero-order valence-corrected chi connectivity index (χ0v) is 34.4. The summed E-state index contributed by atoms with van der Waals surface area (Å²) in [7, 11) is -2.38. The van der Waals surface area contributed by atoms with Gasteiger partial charge in [-0.15, -0.1) is 6.58 Å². The van der Waals surface area contributed by atoms with Crippen LogP contribution >= 0.6 is 0 Å². The average Bonchev–Trinajstić information content (AvgIpc) is 4.12. The van der Waals surface area contributed by atoms with Gasteiger partial charge in [0.15, 0.2) is 0 Å². The van der Waals surface area contributed by atoms with Gasteiger partial charge in [0.25, 0.3) is 5.91 Å². The number of rotatable bonds is 7. The van der Waals surface area contributed by atoms with Gasteiger partial charge in [0.1, 0.15) is 40.8 Å². The molecular formula is C42H55N5O9S. The largest absolute Gasteiger partial charge is 0.497 e. The molecule has 3 bridgehead atoms. The van der Waals surface area contributed by atoms with E-state index < -0.39 is 73.1 Å². The number of alkyl carbamates (subject to hydrolysis) is 1. The van der Waals surface area contributed by atoms with Crippen molar-refractivity contribution in [2.75, 3.05) is 13.7 Å². The highest BCUT2D eigenvalue weighted by Gasteiger charge is 2.64. The fourth-order valence-electron chi connectivity index (χ4n) is 9.07. The Morgan fingerprint density at radius 1 is 1.11 bits per heavy atom. The van der Waals surface area contributed by atoms with E-state index in [1.54, 1.807) is 14.0 Å². The zero-order valence-electron chi connectivity index (χ0n) is 33.6. The Labute approximate surface area is 334 Å². The van der Waals surface area contributed by atoms with Crippen LogP contribution in [0.3, 0.4) is 0 Å². The third-order valence-electron chi connectivity index (χ3n) is 13.3. The second-order valence-electron chi connectivity index (χ2n) is 18.6. The molecule has 3 aliphatic heterocycles. The minimum Gasteiger partial charge on any atom is -0.497 e. The van der Waals surface area contributed by atoms with E-state index in [1.165, 1.54) is 11.0 Å². The van der Waals surface area contributed by atoms with Crippen molar-refractivity contribution >= 4 is 44.7 Å². The number of nitrogens with zero attached hydrogens (tertiary/aromatic N) is 2. The SMILES string of the molecule is C=CC1C[C@]1(NC(=O)[C@@H]1C[C@]23CCc4c(c(nc5ccc(OC)cc45)CCCCC[C@@H]4C[C@H]4OC(=O)N[C@@H](C(C)(C)C)C(=O)N1C2)O3)C(=O)NS(=O)(=O)C1(C)CC1. The van der Waals surface area contributed by atoms with Crippen LogP contribution in [-0.2, 0) is 42.0 Å². The predicted molar refractivity (Wildman–Crippen MR) is 211 cm³/mol. The summed E-state index contributed by atoms with van der Waals surface area (Å²) in [4.78, 5) is 63.4. The summed E-state index contributed by atoms with van der Waals surface area (Å²) in [5.74, 6) is -0.823. The molecule has 4 heterocycles. The van der Waals surface area contributed by atoms with Crippen LogP contribution in [0.1, 0.15) is 103 Å². The number of methoxy groups -OCH3 is 1. The smallest absolute Gasteiger partial charge is 0.408 e. The van der Waals surface area contributed by atoms with Gasteiger partial charge in [0, 0.05) is 23.3 Å². The molecule has 308 valence electrons. The number of ether oxygens (including phenoxy) is 3. The van der Waals surface area contributed by atoms with Crippen molar-refractivity contribution in [3.63, 3.8) is 0 Å². The quantitative estimate of drug-likeness (QED) is 0.334. The van der Waals surface area contributed by atoms with Crippen molar-refractivity contribution in [1.29, 1.82) is 0 Å². The van der Waals surface area contributed by atoms with E-state index in [1.807, 2.05) is 39.0 Å². The first-order chi connectivity index (χ1) is 26.9. The van der Waals surface area contributed by atoms with Gasteiger partial charge in [0.05, 0.1) is 29.6 Å². The summed E-state index contributed by atoms with van der Waals surface area (Å²) in [5, 5.41) is 6.67. The van der Waals surface area contributed by atoms with Gasteiger partial charge < -0.3 is 29.7 Å². The normalized spacial score (nSPS) is 31.9. The molecule has 7 atom stereocenters. The average molecular weight is 806 g/mol. The van der Waals surface area contributed by atoms with Gasteiger partial charge in [0.2, 0.25) is 21.8 Å². The molecule has 1 aromatic carbocycles. The third-order valence-corrected chi connectivity index (χ3v) is 15.5. The number of carbonyl (C=O) groups is 4. The maximum Gasteiger partial charge on any atom is 0.408 e. The van der Waals surface area contributed by atoms with Crippen molar-refractivity contribution in [2.24, 2.45) is 17.3 Å². The Morgan fingerprint density at radius 3 is 2.56 bits per heavy atom. The Balaban J connectivity index is 1.17. The Bertz CT molecular complexity index is 2150. The van der Waals surface area contributed by atoms with Gasteiger partial charge in [-0.1, -0.05) is 39.7 Å². The number of carbonyl (C=O) groups excluding carboxylic acids is 4. The second-order valence-corrected chi connectivity index (χ2v) is 20.8. The number of aryl methyl sites for hydroxylation is 2. The molecule has 57 heavy (non-hydrogen) atoms. The fourth-order valence-corrected chi connectivity index (χ4v) is 10.4. The Kier molecular flexibility index (Phi) is 9.59. The van der Waals surface area contributed by atoms with Gasteiger partial charge in [-0.2, -0.15) is 0 Å². The van der Waals surface area contributed by atoms with Gasteiger partial charge in [-0.25, -0.2) is 18.2 Å². The van der Waals surface area contributed by atoms with Crippen LogP contribution < -0.4 is 24.8 Å². The summed E-state index contributed by atoms with van der Waals surface area (Å²) in [6.07, 6.45) is 8.03. The van der Waals surface area contributed by atoms with Crippen molar-refractivity contribution in [3.05, 3.63) is 42.1 Å². The lowest BCUT2D eigenvalue weighted by Gasteiger charge is -2.38. The summed E-state index contributed by atoms with van der Waals surface area (Å²) in [6.45, 7) is 11.0. The number of hydrogen-bond donors (Lipinski definition) is 3. The minimum absolute atomic E-state index is 0.0315. The highest BCUT2D eigenvalue weighted by molar-refractivity contribution is 7.91. The molecule has 15 heteroatoms. The number of pyridine rings is 1. The van der Waals surface area contributed by atoms with Crippen LogP contribution in [-0.4, -0.2) is 89.8 Å². The molecule has 3 N–H and O–H groups in total. The number of nitrogens with one attached hydrogen (secondary N) is 3. The molecule has 3 saturated carbocycles. The Hall–Kier alpha value is -4.40. The van der Waals surface area contributed by atoms with Crippen LogP contribution in [0.2, 0.25) is 0 Å². The van der Waals surface area contributed by atoms with Crippen molar-refractivity contribution in [1.82, 2.24) is 25.2 Å². The first-order valence-corrected chi connectivity index (χ1v) is 21.9. The lowest BCUT2D eigenvalue weighted by atomic mass is 9.85. The number of fused-ring (bicyclic) bond motifs is 4. The van der Waals surface area contributed by atoms with E-state index in [9.17, 15) is 27.6 Å². The third kappa shape index (κ3) is 7.22. The van der Waals surface area contributed by atoms with E-state index in [0.717, 1.165) is 54.3 Å². The van der Waals surface area contributed by atoms with Gasteiger partial charge >= 0.3 is 6.09 Å². The molecule has 4 amide bonds. The van der Waals surface area contributed by atoms with Crippen molar-refractivity contribution < 1.29 is 41.8 Å². The van der Waals surface area contributed by atoms with Crippen LogP contribution in [0.15, 0.2) is 30.9 Å². The van der Waals surface area contributed by atoms with E-state index in [2.05, 4.69) is 21.9 Å². The van der Waals surface area contributed by atoms with E-state index >= 15 is 0 Å². The number of benzene rings is 1. The molecule has 1 spiro atoms. The van der Waals surface area contributed by atoms with E-state index in [4.69, 9.17) is 19.2 Å². The first kappa shape index (κ1) is 39.4. The molecule has 1 aromatic heterocycles. The monoisotopic (exact) mass is 805 g/mol. The fraction of sp³-hybridized carbons (Fsp3) is 0.643. The van der Waals surface area contributed by atoms with Crippen molar-refractivity contribution in [3.8, 4) is 11.5 Å². The highest BCUT2D eigenvalue weighted by atomic mass is 32.2. The number of amides is 4. The Morgan fingerprint density at radius 2 is 1.88 bits per heavy atom. The summed E-state index contributed by atoms with van der Waals surface area (Å²) in [5.41, 5.74) is -0.681. The lowest BCUT2D eigenvalue weighted by Crippen LogP contribution is -2.60. The molecule has 14 nitrogen and oxygen atoms in total.